The molecule has 1 aromatic carbocycles. The maximum absolute atomic E-state index is 5.94. The molecule has 0 atom stereocenters. The summed E-state index contributed by atoms with van der Waals surface area (Å²) >= 11 is 5.94. The standard InChI is InChI=1S/C23H29ClN2/c1-2-3-4-5-18-6-8-19(9-7-18)10-11-20-16-25-23(26-17-20)21-12-14-22(24)15-13-21/h4-5,12-19H,2-3,6-11H2,1H3/t18-,19-. The molecule has 138 valence electrons. The lowest BCUT2D eigenvalue weighted by atomic mass is 9.79. The molecule has 0 saturated heterocycles. The molecule has 1 aliphatic carbocycles. The number of halogens is 1. The summed E-state index contributed by atoms with van der Waals surface area (Å²) in [7, 11) is 0. The van der Waals surface area contributed by atoms with Crippen LogP contribution in [0.4, 0.5) is 0 Å². The van der Waals surface area contributed by atoms with E-state index in [-0.39, 0.29) is 0 Å². The Balaban J connectivity index is 1.45. The Kier molecular flexibility index (Phi) is 7.25. The molecule has 1 fully saturated rings. The van der Waals surface area contributed by atoms with Crippen molar-refractivity contribution >= 4 is 11.6 Å². The zero-order chi connectivity index (χ0) is 18.2. The van der Waals surface area contributed by atoms with E-state index in [1.54, 1.807) is 0 Å². The first kappa shape index (κ1) is 19.1. The molecule has 1 saturated carbocycles. The van der Waals surface area contributed by atoms with Crippen molar-refractivity contribution in [1.82, 2.24) is 9.97 Å². The third-order valence-corrected chi connectivity index (χ3v) is 5.66. The molecule has 0 amide bonds. The molecule has 0 bridgehead atoms. The molecular weight excluding hydrogens is 340 g/mol. The number of benzene rings is 1. The van der Waals surface area contributed by atoms with Gasteiger partial charge in [0.25, 0.3) is 0 Å². The predicted molar refractivity (Wildman–Crippen MR) is 110 cm³/mol. The van der Waals surface area contributed by atoms with Crippen LogP contribution >= 0.6 is 11.6 Å². The van der Waals surface area contributed by atoms with Gasteiger partial charge in [-0.1, -0.05) is 37.1 Å². The number of allylic oxidation sites excluding steroid dienone is 2. The van der Waals surface area contributed by atoms with Crippen molar-refractivity contribution in [2.45, 2.75) is 58.3 Å². The molecule has 2 aromatic rings. The molecule has 0 aliphatic heterocycles. The Bertz CT molecular complexity index is 683. The summed E-state index contributed by atoms with van der Waals surface area (Å²) in [5, 5.41) is 0.737. The summed E-state index contributed by atoms with van der Waals surface area (Å²) in [5.41, 5.74) is 2.25. The zero-order valence-corrected chi connectivity index (χ0v) is 16.5. The van der Waals surface area contributed by atoms with E-state index in [0.29, 0.717) is 0 Å². The minimum atomic E-state index is 0.737. The predicted octanol–water partition coefficient (Wildman–Crippen LogP) is 6.89. The van der Waals surface area contributed by atoms with E-state index in [2.05, 4.69) is 29.0 Å². The van der Waals surface area contributed by atoms with E-state index in [9.17, 15) is 0 Å². The fourth-order valence-corrected chi connectivity index (χ4v) is 3.85. The molecule has 0 unspecified atom stereocenters. The molecule has 0 radical (unpaired) electrons. The minimum absolute atomic E-state index is 0.737. The first-order valence-electron chi connectivity index (χ1n) is 9.98. The van der Waals surface area contributed by atoms with E-state index in [1.165, 1.54) is 50.5 Å². The maximum atomic E-state index is 5.94. The van der Waals surface area contributed by atoms with Crippen LogP contribution in [0.15, 0.2) is 48.8 Å². The van der Waals surface area contributed by atoms with E-state index in [0.717, 1.165) is 34.7 Å². The van der Waals surface area contributed by atoms with Gasteiger partial charge in [-0.3, -0.25) is 0 Å². The monoisotopic (exact) mass is 368 g/mol. The van der Waals surface area contributed by atoms with Crippen molar-refractivity contribution < 1.29 is 0 Å². The van der Waals surface area contributed by atoms with E-state index in [1.807, 2.05) is 36.7 Å². The second-order valence-electron chi connectivity index (χ2n) is 7.46. The Morgan fingerprint density at radius 1 is 1.04 bits per heavy atom. The molecule has 0 N–H and O–H groups in total. The molecule has 3 heteroatoms. The SMILES string of the molecule is CCCC=C[C@H]1CC[C@H](CCc2cnc(-c3ccc(Cl)cc3)nc2)CC1. The molecule has 3 rings (SSSR count). The van der Waals surface area contributed by atoms with E-state index in [4.69, 9.17) is 11.6 Å². The van der Waals surface area contributed by atoms with Gasteiger partial charge in [-0.25, -0.2) is 9.97 Å². The topological polar surface area (TPSA) is 25.8 Å². The van der Waals surface area contributed by atoms with Crippen molar-refractivity contribution in [2.75, 3.05) is 0 Å². The van der Waals surface area contributed by atoms with Gasteiger partial charge in [0.05, 0.1) is 0 Å². The Hall–Kier alpha value is -1.67. The summed E-state index contributed by atoms with van der Waals surface area (Å²) in [6.07, 6.45) is 19.1. The lowest BCUT2D eigenvalue weighted by Gasteiger charge is -2.26. The summed E-state index contributed by atoms with van der Waals surface area (Å²) < 4.78 is 0. The fourth-order valence-electron chi connectivity index (χ4n) is 3.73. The van der Waals surface area contributed by atoms with Crippen LogP contribution in [0.25, 0.3) is 11.4 Å². The molecular formula is C23H29ClN2. The highest BCUT2D eigenvalue weighted by atomic mass is 35.5. The van der Waals surface area contributed by atoms with Crippen LogP contribution in [0, 0.1) is 11.8 Å². The van der Waals surface area contributed by atoms with Gasteiger partial charge in [-0.2, -0.15) is 0 Å². The van der Waals surface area contributed by atoms with Crippen molar-refractivity contribution in [3.8, 4) is 11.4 Å². The summed E-state index contributed by atoms with van der Waals surface area (Å²) in [6, 6.07) is 7.68. The maximum Gasteiger partial charge on any atom is 0.159 e. The lowest BCUT2D eigenvalue weighted by Crippen LogP contribution is -2.13. The number of rotatable bonds is 7. The van der Waals surface area contributed by atoms with Crippen LogP contribution in [0.1, 0.15) is 57.4 Å². The van der Waals surface area contributed by atoms with Crippen LogP contribution in [-0.2, 0) is 6.42 Å². The molecule has 1 aromatic heterocycles. The molecule has 1 aliphatic rings. The number of nitrogens with zero attached hydrogens (tertiary/aromatic N) is 2. The van der Waals surface area contributed by atoms with Crippen molar-refractivity contribution in [3.63, 3.8) is 0 Å². The van der Waals surface area contributed by atoms with Gasteiger partial charge in [0.15, 0.2) is 5.82 Å². The largest absolute Gasteiger partial charge is 0.236 e. The Labute approximate surface area is 162 Å². The van der Waals surface area contributed by atoms with Gasteiger partial charge in [-0.05, 0) is 86.6 Å². The highest BCUT2D eigenvalue weighted by Crippen LogP contribution is 2.32. The van der Waals surface area contributed by atoms with Gasteiger partial charge >= 0.3 is 0 Å². The number of hydrogen-bond donors (Lipinski definition) is 0. The average molecular weight is 369 g/mol. The molecule has 0 spiro atoms. The van der Waals surface area contributed by atoms with Gasteiger partial charge < -0.3 is 0 Å². The summed E-state index contributed by atoms with van der Waals surface area (Å²) in [5.74, 6) is 2.45. The van der Waals surface area contributed by atoms with Gasteiger partial charge in [0, 0.05) is 23.0 Å². The van der Waals surface area contributed by atoms with Crippen molar-refractivity contribution in [1.29, 1.82) is 0 Å². The Morgan fingerprint density at radius 2 is 1.73 bits per heavy atom. The lowest BCUT2D eigenvalue weighted by molar-refractivity contribution is 0.296. The summed E-state index contributed by atoms with van der Waals surface area (Å²) in [6.45, 7) is 2.24. The average Bonchev–Trinajstić information content (AvgIpc) is 2.69. The number of hydrogen-bond acceptors (Lipinski definition) is 2. The van der Waals surface area contributed by atoms with Crippen LogP contribution < -0.4 is 0 Å². The van der Waals surface area contributed by atoms with E-state index < -0.39 is 0 Å². The number of aryl methyl sites for hydroxylation is 1. The number of aromatic nitrogens is 2. The second-order valence-corrected chi connectivity index (χ2v) is 7.89. The molecule has 26 heavy (non-hydrogen) atoms. The highest BCUT2D eigenvalue weighted by molar-refractivity contribution is 6.30. The van der Waals surface area contributed by atoms with Gasteiger partial charge in [-0.15, -0.1) is 0 Å². The van der Waals surface area contributed by atoms with Crippen LogP contribution in [-0.4, -0.2) is 9.97 Å². The molecule has 1 heterocycles. The Morgan fingerprint density at radius 3 is 2.38 bits per heavy atom. The zero-order valence-electron chi connectivity index (χ0n) is 15.7. The van der Waals surface area contributed by atoms with Crippen molar-refractivity contribution in [2.24, 2.45) is 11.8 Å². The third-order valence-electron chi connectivity index (χ3n) is 5.40. The highest BCUT2D eigenvalue weighted by Gasteiger charge is 2.19. The second kappa shape index (κ2) is 9.87. The number of unbranched alkanes of at least 4 members (excludes halogenated alkanes) is 1. The third kappa shape index (κ3) is 5.67. The van der Waals surface area contributed by atoms with Crippen molar-refractivity contribution in [3.05, 3.63) is 59.4 Å². The van der Waals surface area contributed by atoms with Crippen LogP contribution in [0.2, 0.25) is 5.02 Å². The first-order valence-corrected chi connectivity index (χ1v) is 10.4. The smallest absolute Gasteiger partial charge is 0.159 e. The van der Waals surface area contributed by atoms with Crippen LogP contribution in [0.3, 0.4) is 0 Å². The minimum Gasteiger partial charge on any atom is -0.236 e. The fraction of sp³-hybridized carbons (Fsp3) is 0.478. The van der Waals surface area contributed by atoms with Gasteiger partial charge in [0.2, 0.25) is 0 Å². The summed E-state index contributed by atoms with van der Waals surface area (Å²) in [4.78, 5) is 9.07. The first-order chi connectivity index (χ1) is 12.7. The normalized spacial score (nSPS) is 20.5. The quantitative estimate of drug-likeness (QED) is 0.497. The van der Waals surface area contributed by atoms with Gasteiger partial charge in [0.1, 0.15) is 0 Å². The van der Waals surface area contributed by atoms with Crippen LogP contribution in [0.5, 0.6) is 0 Å². The van der Waals surface area contributed by atoms with E-state index >= 15 is 0 Å². The molecule has 2 nitrogen and oxygen atoms in total.